The van der Waals surface area contributed by atoms with Crippen LogP contribution < -0.4 is 0 Å². The van der Waals surface area contributed by atoms with Crippen molar-refractivity contribution in [2.45, 2.75) is 70.8 Å². The van der Waals surface area contributed by atoms with Crippen molar-refractivity contribution in [2.24, 2.45) is 17.8 Å². The van der Waals surface area contributed by atoms with Gasteiger partial charge in [0.2, 0.25) is 0 Å². The van der Waals surface area contributed by atoms with Gasteiger partial charge in [-0.05, 0) is 74.5 Å². The number of rotatable bonds is 4. The van der Waals surface area contributed by atoms with Crippen LogP contribution >= 0.6 is 23.2 Å². The Morgan fingerprint density at radius 2 is 1.56 bits per heavy atom. The molecule has 0 aliphatic heterocycles. The third-order valence-electron chi connectivity index (χ3n) is 6.28. The molecule has 0 spiro atoms. The molecule has 0 N–H and O–H groups in total. The van der Waals surface area contributed by atoms with Crippen LogP contribution in [-0.2, 0) is 4.74 Å². The Kier molecular flexibility index (Phi) is 6.68. The highest BCUT2D eigenvalue weighted by molar-refractivity contribution is 6.42. The lowest BCUT2D eigenvalue weighted by atomic mass is 9.70. The van der Waals surface area contributed by atoms with E-state index in [2.05, 4.69) is 6.92 Å². The molecule has 0 amide bonds. The summed E-state index contributed by atoms with van der Waals surface area (Å²) in [5.41, 5.74) is 0.481. The van der Waals surface area contributed by atoms with Crippen LogP contribution in [0.3, 0.4) is 0 Å². The van der Waals surface area contributed by atoms with Crippen molar-refractivity contribution in [3.8, 4) is 0 Å². The van der Waals surface area contributed by atoms with Crippen LogP contribution in [0.4, 0.5) is 0 Å². The van der Waals surface area contributed by atoms with Gasteiger partial charge in [0.15, 0.2) is 0 Å². The van der Waals surface area contributed by atoms with Crippen molar-refractivity contribution >= 4 is 29.2 Å². The van der Waals surface area contributed by atoms with Gasteiger partial charge in [0, 0.05) is 0 Å². The average Bonchev–Trinajstić information content (AvgIpc) is 2.64. The van der Waals surface area contributed by atoms with E-state index in [1.165, 1.54) is 44.9 Å². The first-order valence-corrected chi connectivity index (χ1v) is 10.5. The largest absolute Gasteiger partial charge is 0.459 e. The first kappa shape index (κ1) is 19.0. The van der Waals surface area contributed by atoms with Crippen molar-refractivity contribution in [1.29, 1.82) is 0 Å². The summed E-state index contributed by atoms with van der Waals surface area (Å²) in [6.45, 7) is 2.32. The molecule has 2 aliphatic rings. The van der Waals surface area contributed by atoms with Gasteiger partial charge in [0.25, 0.3) is 0 Å². The third kappa shape index (κ3) is 4.92. The highest BCUT2D eigenvalue weighted by atomic mass is 35.5. The molecular weight excluding hydrogens is 355 g/mol. The molecule has 4 heteroatoms. The van der Waals surface area contributed by atoms with Crippen LogP contribution in [0.25, 0.3) is 0 Å². The quantitative estimate of drug-likeness (QED) is 0.527. The normalized spacial score (nSPS) is 30.0. The Bertz CT molecular complexity index is 586. The molecule has 0 aromatic heterocycles. The van der Waals surface area contributed by atoms with Crippen molar-refractivity contribution in [1.82, 2.24) is 0 Å². The lowest BCUT2D eigenvalue weighted by Crippen LogP contribution is -2.29. The molecule has 138 valence electrons. The first-order valence-electron chi connectivity index (χ1n) is 9.72. The highest BCUT2D eigenvalue weighted by Crippen LogP contribution is 2.41. The summed E-state index contributed by atoms with van der Waals surface area (Å²) in [5, 5.41) is 0.846. The smallest absolute Gasteiger partial charge is 0.338 e. The number of carbonyl (C=O) groups excluding carboxylic acids is 1. The maximum Gasteiger partial charge on any atom is 0.338 e. The summed E-state index contributed by atoms with van der Waals surface area (Å²) in [6, 6.07) is 4.91. The molecule has 0 heterocycles. The number of hydrogen-bond acceptors (Lipinski definition) is 2. The second-order valence-corrected chi connectivity index (χ2v) is 8.57. The van der Waals surface area contributed by atoms with E-state index in [0.717, 1.165) is 30.6 Å². The van der Waals surface area contributed by atoms with E-state index in [-0.39, 0.29) is 12.1 Å². The van der Waals surface area contributed by atoms with Crippen molar-refractivity contribution in [3.05, 3.63) is 33.8 Å². The zero-order valence-corrected chi connectivity index (χ0v) is 16.5. The average molecular weight is 383 g/mol. The molecule has 2 fully saturated rings. The van der Waals surface area contributed by atoms with E-state index >= 15 is 0 Å². The predicted molar refractivity (Wildman–Crippen MR) is 103 cm³/mol. The van der Waals surface area contributed by atoms with Crippen molar-refractivity contribution < 1.29 is 9.53 Å². The lowest BCUT2D eigenvalue weighted by Gasteiger charge is -2.37. The van der Waals surface area contributed by atoms with E-state index < -0.39 is 0 Å². The van der Waals surface area contributed by atoms with Gasteiger partial charge in [-0.2, -0.15) is 0 Å². The van der Waals surface area contributed by atoms with Gasteiger partial charge in [0.1, 0.15) is 6.10 Å². The lowest BCUT2D eigenvalue weighted by molar-refractivity contribution is 0.0110. The van der Waals surface area contributed by atoms with Crippen molar-refractivity contribution in [3.63, 3.8) is 0 Å². The summed E-state index contributed by atoms with van der Waals surface area (Å²) in [5.74, 6) is 2.40. The molecule has 3 rings (SSSR count). The number of hydrogen-bond donors (Lipinski definition) is 0. The van der Waals surface area contributed by atoms with E-state index in [9.17, 15) is 4.79 Å². The number of halogens is 2. The van der Waals surface area contributed by atoms with Gasteiger partial charge in [-0.25, -0.2) is 4.79 Å². The van der Waals surface area contributed by atoms with E-state index in [0.29, 0.717) is 15.6 Å². The van der Waals surface area contributed by atoms with Crippen LogP contribution in [0.2, 0.25) is 10.0 Å². The SMILES string of the molecule is CCC1CCC(C2CCC(OC(=O)c3ccc(Cl)c(Cl)c3)CC2)CC1. The number of benzene rings is 1. The van der Waals surface area contributed by atoms with Gasteiger partial charge >= 0.3 is 5.97 Å². The van der Waals surface area contributed by atoms with Gasteiger partial charge in [-0.1, -0.05) is 49.4 Å². The summed E-state index contributed by atoms with van der Waals surface area (Å²) < 4.78 is 5.70. The standard InChI is InChI=1S/C21H28Cl2O2/c1-2-14-3-5-15(6-4-14)16-7-10-18(11-8-16)25-21(24)17-9-12-19(22)20(23)13-17/h9,12-16,18H,2-8,10-11H2,1H3. The molecule has 2 saturated carbocycles. The van der Waals surface area contributed by atoms with Gasteiger partial charge in [0.05, 0.1) is 15.6 Å². The van der Waals surface area contributed by atoms with Gasteiger partial charge in [-0.3, -0.25) is 0 Å². The molecule has 1 aromatic carbocycles. The summed E-state index contributed by atoms with van der Waals surface area (Å²) in [7, 11) is 0. The number of esters is 1. The molecule has 0 unspecified atom stereocenters. The van der Waals surface area contributed by atoms with Crippen molar-refractivity contribution in [2.75, 3.05) is 0 Å². The van der Waals surface area contributed by atoms with E-state index in [4.69, 9.17) is 27.9 Å². The minimum Gasteiger partial charge on any atom is -0.459 e. The fourth-order valence-corrected chi connectivity index (χ4v) is 4.89. The molecule has 0 saturated heterocycles. The summed E-state index contributed by atoms with van der Waals surface area (Å²) in [6.07, 6.45) is 11.4. The molecule has 2 aliphatic carbocycles. The van der Waals surface area contributed by atoms with Crippen LogP contribution in [0.1, 0.15) is 75.1 Å². The highest BCUT2D eigenvalue weighted by Gasteiger charge is 2.31. The molecule has 0 bridgehead atoms. The molecule has 2 nitrogen and oxygen atoms in total. The topological polar surface area (TPSA) is 26.3 Å². The molecule has 25 heavy (non-hydrogen) atoms. The van der Waals surface area contributed by atoms with Gasteiger partial charge in [-0.15, -0.1) is 0 Å². The molecule has 1 aromatic rings. The van der Waals surface area contributed by atoms with E-state index in [1.807, 2.05) is 0 Å². The summed E-state index contributed by atoms with van der Waals surface area (Å²) in [4.78, 5) is 12.3. The Labute approximate surface area is 161 Å². The van der Waals surface area contributed by atoms with Crippen LogP contribution in [0.5, 0.6) is 0 Å². The maximum atomic E-state index is 12.3. The van der Waals surface area contributed by atoms with Crippen LogP contribution in [0, 0.1) is 17.8 Å². The fraction of sp³-hybridized carbons (Fsp3) is 0.667. The Hall–Kier alpha value is -0.730. The molecule has 0 atom stereocenters. The maximum absolute atomic E-state index is 12.3. The fourth-order valence-electron chi connectivity index (χ4n) is 4.59. The molecular formula is C21H28Cl2O2. The minimum absolute atomic E-state index is 0.0465. The predicted octanol–water partition coefficient (Wildman–Crippen LogP) is 6.93. The number of carbonyl (C=O) groups is 1. The Morgan fingerprint density at radius 1 is 0.960 bits per heavy atom. The van der Waals surface area contributed by atoms with E-state index in [1.54, 1.807) is 18.2 Å². The Balaban J connectivity index is 1.46. The summed E-state index contributed by atoms with van der Waals surface area (Å²) >= 11 is 11.9. The van der Waals surface area contributed by atoms with Crippen LogP contribution in [0.15, 0.2) is 18.2 Å². The number of ether oxygens (including phenoxy) is 1. The van der Waals surface area contributed by atoms with Gasteiger partial charge < -0.3 is 4.74 Å². The third-order valence-corrected chi connectivity index (χ3v) is 7.02. The van der Waals surface area contributed by atoms with Crippen LogP contribution in [-0.4, -0.2) is 12.1 Å². The first-order chi connectivity index (χ1) is 12.1. The molecule has 0 radical (unpaired) electrons. The second kappa shape index (κ2) is 8.77. The Morgan fingerprint density at radius 3 is 2.12 bits per heavy atom. The second-order valence-electron chi connectivity index (χ2n) is 7.76. The minimum atomic E-state index is -0.287. The zero-order valence-electron chi connectivity index (χ0n) is 15.0. The zero-order chi connectivity index (χ0) is 17.8. The monoisotopic (exact) mass is 382 g/mol.